The Bertz CT molecular complexity index is 616. The zero-order chi connectivity index (χ0) is 20.9. The van der Waals surface area contributed by atoms with Gasteiger partial charge >= 0.3 is 0 Å². The molecule has 2 rings (SSSR count). The van der Waals surface area contributed by atoms with Gasteiger partial charge in [0.15, 0.2) is 5.78 Å². The Morgan fingerprint density at radius 3 is 2.61 bits per heavy atom. The molecule has 1 saturated carbocycles. The highest BCUT2D eigenvalue weighted by atomic mass is 32.2. The molecule has 156 valence electrons. The lowest BCUT2D eigenvalue weighted by molar-refractivity contribution is -0.123. The number of carbonyl (C=O) groups is 2. The molecule has 0 saturated heterocycles. The second kappa shape index (κ2) is 13.4. The van der Waals surface area contributed by atoms with Gasteiger partial charge in [0.1, 0.15) is 0 Å². The fourth-order valence-corrected chi connectivity index (χ4v) is 4.07. The van der Waals surface area contributed by atoms with Crippen molar-refractivity contribution in [3.8, 4) is 12.3 Å². The van der Waals surface area contributed by atoms with Crippen molar-refractivity contribution in [3.05, 3.63) is 11.0 Å². The highest BCUT2D eigenvalue weighted by molar-refractivity contribution is 8.03. The number of allylic oxidation sites excluding steroid dienone is 1. The first-order valence-electron chi connectivity index (χ1n) is 9.83. The Morgan fingerprint density at radius 1 is 1.36 bits per heavy atom. The number of amides is 1. The number of hydrazone groups is 1. The molecule has 0 aromatic rings. The first kappa shape index (κ1) is 24.3. The lowest BCUT2D eigenvalue weighted by atomic mass is 9.95. The monoisotopic (exact) mass is 406 g/mol. The van der Waals surface area contributed by atoms with E-state index in [4.69, 9.17) is 5.10 Å². The maximum absolute atomic E-state index is 12.4. The molecular formula is C21H34N4O2S. The molecule has 0 aromatic heterocycles. The number of nitrogens with zero attached hydrogens (tertiary/aromatic N) is 3. The van der Waals surface area contributed by atoms with Gasteiger partial charge in [0.05, 0.1) is 23.9 Å². The van der Waals surface area contributed by atoms with E-state index in [-0.39, 0.29) is 18.2 Å². The Morgan fingerprint density at radius 2 is 2.00 bits per heavy atom. The molecule has 7 heteroatoms. The first-order valence-corrected chi connectivity index (χ1v) is 10.8. The number of hydrogen-bond donors (Lipinski definition) is 1. The number of Topliss-reactive ketones (excluding diaryl/α,β-unsaturated/α-hetero) is 1. The molecule has 1 heterocycles. The van der Waals surface area contributed by atoms with Crippen LogP contribution in [0.1, 0.15) is 52.4 Å². The third kappa shape index (κ3) is 9.43. The summed E-state index contributed by atoms with van der Waals surface area (Å²) in [5, 5.41) is 9.67. The van der Waals surface area contributed by atoms with E-state index >= 15 is 0 Å². The predicted molar refractivity (Wildman–Crippen MR) is 118 cm³/mol. The molecule has 0 radical (unpaired) electrons. The van der Waals surface area contributed by atoms with E-state index in [0.29, 0.717) is 29.8 Å². The third-order valence-corrected chi connectivity index (χ3v) is 5.45. The zero-order valence-corrected chi connectivity index (χ0v) is 18.5. The number of terminal acetylenes is 1. The summed E-state index contributed by atoms with van der Waals surface area (Å²) >= 11 is 1.52. The van der Waals surface area contributed by atoms with Crippen LogP contribution in [0.4, 0.5) is 0 Å². The molecule has 1 aliphatic heterocycles. The average molecular weight is 407 g/mol. The maximum atomic E-state index is 12.4. The molecule has 6 nitrogen and oxygen atoms in total. The van der Waals surface area contributed by atoms with E-state index in [2.05, 4.69) is 22.7 Å². The Hall–Kier alpha value is -1.78. The molecule has 1 aliphatic carbocycles. The minimum atomic E-state index is -0.157. The molecule has 0 spiro atoms. The van der Waals surface area contributed by atoms with E-state index in [0.717, 1.165) is 5.71 Å². The van der Waals surface area contributed by atoms with Crippen molar-refractivity contribution in [1.82, 2.24) is 15.2 Å². The van der Waals surface area contributed by atoms with E-state index in [1.54, 1.807) is 11.8 Å². The predicted octanol–water partition coefficient (Wildman–Crippen LogP) is 2.86. The van der Waals surface area contributed by atoms with Crippen molar-refractivity contribution < 1.29 is 9.59 Å². The van der Waals surface area contributed by atoms with Crippen LogP contribution in [0.2, 0.25) is 0 Å². The van der Waals surface area contributed by atoms with E-state index in [9.17, 15) is 9.59 Å². The summed E-state index contributed by atoms with van der Waals surface area (Å²) in [6.07, 6.45) is 13.4. The first-order chi connectivity index (χ1) is 13.4. The van der Waals surface area contributed by atoms with Crippen LogP contribution in [-0.2, 0) is 9.59 Å². The summed E-state index contributed by atoms with van der Waals surface area (Å²) in [6, 6.07) is 0.486. The minimum Gasteiger partial charge on any atom is -0.344 e. The van der Waals surface area contributed by atoms with Crippen molar-refractivity contribution in [2.24, 2.45) is 5.10 Å². The SMILES string of the molecule is C#CC.C/C1=N/N(C2CCCCC2)CS/C(C(=O)NCC(=O)CN(C)C)=C\C1. The summed E-state index contributed by atoms with van der Waals surface area (Å²) in [4.78, 5) is 26.7. The summed E-state index contributed by atoms with van der Waals surface area (Å²) in [6.45, 7) is 4.08. The molecular weight excluding hydrogens is 372 g/mol. The van der Waals surface area contributed by atoms with Gasteiger partial charge in [-0.15, -0.1) is 12.3 Å². The summed E-state index contributed by atoms with van der Waals surface area (Å²) in [7, 11) is 3.68. The van der Waals surface area contributed by atoms with Gasteiger partial charge in [-0.1, -0.05) is 37.1 Å². The zero-order valence-electron chi connectivity index (χ0n) is 17.7. The Kier molecular flexibility index (Phi) is 11.6. The number of carbonyl (C=O) groups excluding carboxylic acids is 2. The number of thioether (sulfide) groups is 1. The standard InChI is InChI=1S/C18H30N4O2S.C3H4/c1-14-9-10-17(18(24)19-11-16(23)12-21(2)3)25-13-22(20-14)15-7-5-4-6-8-15;1-3-2/h10,15H,4-9,11-13H2,1-3H3,(H,19,24);1H,2H3/b17-10-,20-14-;. The fourth-order valence-electron chi connectivity index (χ4n) is 3.12. The Labute approximate surface area is 174 Å². The summed E-state index contributed by atoms with van der Waals surface area (Å²) in [5.74, 6) is 2.79. The number of hydrogen-bond acceptors (Lipinski definition) is 6. The van der Waals surface area contributed by atoms with E-state index < -0.39 is 0 Å². The number of ketones is 1. The topological polar surface area (TPSA) is 65.0 Å². The van der Waals surface area contributed by atoms with Gasteiger partial charge in [0.25, 0.3) is 5.91 Å². The number of rotatable bonds is 6. The summed E-state index contributed by atoms with van der Waals surface area (Å²) < 4.78 is 0. The van der Waals surface area contributed by atoms with Crippen LogP contribution in [0.15, 0.2) is 16.1 Å². The quantitative estimate of drug-likeness (QED) is 0.687. The molecule has 1 amide bonds. The lowest BCUT2D eigenvalue weighted by Gasteiger charge is -2.33. The van der Waals surface area contributed by atoms with Crippen LogP contribution >= 0.6 is 11.8 Å². The van der Waals surface area contributed by atoms with Crippen LogP contribution < -0.4 is 5.32 Å². The van der Waals surface area contributed by atoms with Gasteiger partial charge in [-0.05, 0) is 40.8 Å². The van der Waals surface area contributed by atoms with Gasteiger partial charge in [0.2, 0.25) is 0 Å². The fraction of sp³-hybridized carbons (Fsp3) is 0.667. The van der Waals surface area contributed by atoms with Crippen LogP contribution in [0.25, 0.3) is 0 Å². The van der Waals surface area contributed by atoms with E-state index in [1.165, 1.54) is 43.9 Å². The lowest BCUT2D eigenvalue weighted by Crippen LogP contribution is -2.36. The van der Waals surface area contributed by atoms with Gasteiger partial charge in [-0.3, -0.25) is 14.6 Å². The van der Waals surface area contributed by atoms with Gasteiger partial charge < -0.3 is 10.2 Å². The molecule has 1 N–H and O–H groups in total. The second-order valence-corrected chi connectivity index (χ2v) is 8.35. The molecule has 1 fully saturated rings. The van der Waals surface area contributed by atoms with Crippen molar-refractivity contribution in [3.63, 3.8) is 0 Å². The second-order valence-electron chi connectivity index (χ2n) is 7.36. The number of nitrogens with one attached hydrogen (secondary N) is 1. The minimum absolute atomic E-state index is 0.0105. The van der Waals surface area contributed by atoms with Crippen LogP contribution in [-0.4, -0.2) is 66.4 Å². The Balaban J connectivity index is 0.00000122. The van der Waals surface area contributed by atoms with Crippen LogP contribution in [0.5, 0.6) is 0 Å². The highest BCUT2D eigenvalue weighted by Gasteiger charge is 2.23. The van der Waals surface area contributed by atoms with E-state index in [1.807, 2.05) is 27.1 Å². The van der Waals surface area contributed by atoms with Crippen LogP contribution in [0.3, 0.4) is 0 Å². The van der Waals surface area contributed by atoms with Gasteiger partial charge in [-0.2, -0.15) is 5.10 Å². The molecule has 2 aliphatic rings. The van der Waals surface area contributed by atoms with Crippen LogP contribution in [0, 0.1) is 12.3 Å². The average Bonchev–Trinajstić information content (AvgIpc) is 2.64. The normalized spacial score (nSPS) is 21.6. The van der Waals surface area contributed by atoms with Gasteiger partial charge in [0, 0.05) is 18.2 Å². The molecule has 0 unspecified atom stereocenters. The third-order valence-electron chi connectivity index (χ3n) is 4.39. The maximum Gasteiger partial charge on any atom is 0.257 e. The van der Waals surface area contributed by atoms with Crippen molar-refractivity contribution in [1.29, 1.82) is 0 Å². The van der Waals surface area contributed by atoms with Crippen molar-refractivity contribution >= 4 is 29.2 Å². The largest absolute Gasteiger partial charge is 0.344 e. The number of likely N-dealkylation sites (N-methyl/N-ethyl adjacent to an activating group) is 1. The molecule has 0 atom stereocenters. The highest BCUT2D eigenvalue weighted by Crippen LogP contribution is 2.28. The smallest absolute Gasteiger partial charge is 0.257 e. The molecule has 28 heavy (non-hydrogen) atoms. The molecule has 0 aromatic carbocycles. The van der Waals surface area contributed by atoms with Gasteiger partial charge in [-0.25, -0.2) is 0 Å². The van der Waals surface area contributed by atoms with Crippen molar-refractivity contribution in [2.75, 3.05) is 33.1 Å². The van der Waals surface area contributed by atoms with Crippen molar-refractivity contribution in [2.45, 2.75) is 58.4 Å². The molecule has 0 bridgehead atoms. The summed E-state index contributed by atoms with van der Waals surface area (Å²) in [5.41, 5.74) is 1.03.